The van der Waals surface area contributed by atoms with E-state index in [1.54, 1.807) is 5.57 Å². The number of ketones is 1. The molecule has 0 aliphatic heterocycles. The summed E-state index contributed by atoms with van der Waals surface area (Å²) in [6, 6.07) is 2.31. The van der Waals surface area contributed by atoms with Crippen LogP contribution in [0.2, 0.25) is 0 Å². The van der Waals surface area contributed by atoms with Crippen LogP contribution in [0, 0.1) is 28.6 Å². The summed E-state index contributed by atoms with van der Waals surface area (Å²) in [5.74, 6) is 2.67. The molecule has 1 aromatic rings. The van der Waals surface area contributed by atoms with E-state index in [0.717, 1.165) is 37.0 Å². The summed E-state index contributed by atoms with van der Waals surface area (Å²) >= 11 is 0. The van der Waals surface area contributed by atoms with E-state index >= 15 is 0 Å². The smallest absolute Gasteiger partial charge is 0.155 e. The molecule has 0 N–H and O–H groups in total. The quantitative estimate of drug-likeness (QED) is 0.713. The maximum absolute atomic E-state index is 12.0. The van der Waals surface area contributed by atoms with Crippen molar-refractivity contribution in [2.24, 2.45) is 28.6 Å². The van der Waals surface area contributed by atoms with Gasteiger partial charge in [-0.2, -0.15) is 0 Å². The Bertz CT molecular complexity index is 871. The lowest BCUT2D eigenvalue weighted by Crippen LogP contribution is -2.49. The Kier molecular flexibility index (Phi) is 3.83. The molecule has 0 saturated heterocycles. The number of allylic oxidation sites excluding steroid dienone is 4. The molecule has 0 spiro atoms. The van der Waals surface area contributed by atoms with Gasteiger partial charge in [-0.15, -0.1) is 0 Å². The summed E-state index contributed by atoms with van der Waals surface area (Å²) in [5, 5.41) is 0. The molecule has 27 heavy (non-hydrogen) atoms. The van der Waals surface area contributed by atoms with Crippen molar-refractivity contribution in [3.8, 4) is 0 Å². The number of hydrogen-bond acceptors (Lipinski definition) is 2. The van der Waals surface area contributed by atoms with Crippen LogP contribution in [0.4, 0.5) is 0 Å². The van der Waals surface area contributed by atoms with E-state index in [0.29, 0.717) is 11.2 Å². The zero-order valence-corrected chi connectivity index (χ0v) is 16.9. The molecule has 5 rings (SSSR count). The van der Waals surface area contributed by atoms with Crippen LogP contribution in [0.5, 0.6) is 0 Å². The average molecular weight is 359 g/mol. The third-order valence-corrected chi connectivity index (χ3v) is 8.73. The molecule has 1 aromatic heterocycles. The van der Waals surface area contributed by atoms with Gasteiger partial charge in [-0.1, -0.05) is 37.0 Å². The van der Waals surface area contributed by atoms with Gasteiger partial charge in [0.2, 0.25) is 0 Å². The van der Waals surface area contributed by atoms with Gasteiger partial charge >= 0.3 is 0 Å². The third kappa shape index (κ3) is 2.46. The fourth-order valence-corrected chi connectivity index (χ4v) is 7.28. The van der Waals surface area contributed by atoms with Crippen LogP contribution >= 0.6 is 0 Å². The highest BCUT2D eigenvalue weighted by atomic mass is 16.1. The van der Waals surface area contributed by atoms with E-state index in [-0.39, 0.29) is 5.41 Å². The van der Waals surface area contributed by atoms with E-state index in [9.17, 15) is 4.79 Å². The maximum atomic E-state index is 12.0. The fourth-order valence-electron chi connectivity index (χ4n) is 7.28. The highest BCUT2D eigenvalue weighted by Gasteiger charge is 2.57. The van der Waals surface area contributed by atoms with Crippen LogP contribution in [-0.4, -0.2) is 18.6 Å². The zero-order valence-electron chi connectivity index (χ0n) is 16.9. The summed E-state index contributed by atoms with van der Waals surface area (Å²) in [5.41, 5.74) is 6.17. The number of carbonyl (C=O) groups is 1. The molecule has 2 nitrogen and oxygen atoms in total. The number of carbonyl (C=O) groups excluding carboxylic acids is 1. The first-order chi connectivity index (χ1) is 12.9. The highest BCUT2D eigenvalue weighted by molar-refractivity contribution is 6.32. The van der Waals surface area contributed by atoms with Gasteiger partial charge in [0.15, 0.2) is 5.78 Å². The van der Waals surface area contributed by atoms with Gasteiger partial charge in [-0.3, -0.25) is 9.78 Å². The average Bonchev–Trinajstić information content (AvgIpc) is 2.99. The molecule has 0 amide bonds. The first-order valence-corrected chi connectivity index (χ1v) is 10.8. The molecule has 0 bridgehead atoms. The standard InChI is InChI=1S/C24H30BNO/c1-23-9-7-18(27)12-16(23)3-4-19-21-6-5-20(15-11-17(25)14-26-13-15)24(21,2)10-8-22(19)23/h5,11-14,19,21-22H,3-4,6-10,25H2,1-2H3. The molecular formula is C24H30BNO. The summed E-state index contributed by atoms with van der Waals surface area (Å²) in [7, 11) is 2.14. The molecule has 2 saturated carbocycles. The molecule has 0 aromatic carbocycles. The van der Waals surface area contributed by atoms with Crippen molar-refractivity contribution in [3.63, 3.8) is 0 Å². The molecule has 4 aliphatic rings. The van der Waals surface area contributed by atoms with Gasteiger partial charge in [-0.25, -0.2) is 0 Å². The Balaban J connectivity index is 1.48. The number of hydrogen-bond donors (Lipinski definition) is 0. The number of pyridine rings is 1. The Morgan fingerprint density at radius 3 is 2.74 bits per heavy atom. The lowest BCUT2D eigenvalue weighted by molar-refractivity contribution is -0.117. The molecule has 0 radical (unpaired) electrons. The van der Waals surface area contributed by atoms with Crippen LogP contribution in [0.25, 0.3) is 5.57 Å². The minimum absolute atomic E-state index is 0.270. The lowest BCUT2D eigenvalue weighted by atomic mass is 9.46. The topological polar surface area (TPSA) is 30.0 Å². The minimum atomic E-state index is 0.270. The van der Waals surface area contributed by atoms with Crippen LogP contribution in [0.15, 0.2) is 36.2 Å². The molecule has 4 aliphatic carbocycles. The van der Waals surface area contributed by atoms with Crippen molar-refractivity contribution in [2.45, 2.75) is 58.8 Å². The Labute approximate surface area is 163 Å². The summed E-state index contributed by atoms with van der Waals surface area (Å²) in [4.78, 5) is 16.5. The minimum Gasteiger partial charge on any atom is -0.295 e. The third-order valence-electron chi connectivity index (χ3n) is 8.73. The van der Waals surface area contributed by atoms with Crippen LogP contribution < -0.4 is 5.46 Å². The Morgan fingerprint density at radius 2 is 1.93 bits per heavy atom. The monoisotopic (exact) mass is 359 g/mol. The molecule has 140 valence electrons. The van der Waals surface area contributed by atoms with E-state index in [1.165, 1.54) is 42.3 Å². The molecule has 5 atom stereocenters. The summed E-state index contributed by atoms with van der Waals surface area (Å²) in [6.07, 6.45) is 16.6. The number of rotatable bonds is 1. The van der Waals surface area contributed by atoms with Gasteiger partial charge in [0.1, 0.15) is 7.85 Å². The Hall–Kier alpha value is -1.64. The van der Waals surface area contributed by atoms with Crippen molar-refractivity contribution in [1.29, 1.82) is 0 Å². The normalized spacial score (nSPS) is 40.5. The number of aromatic nitrogens is 1. The van der Waals surface area contributed by atoms with Gasteiger partial charge in [0, 0.05) is 18.8 Å². The second-order valence-electron chi connectivity index (χ2n) is 10.0. The SMILES string of the molecule is Bc1cncc(C2=CCC3C4CCC5=CC(=O)CCC5(C)C4CCC23C)c1. The molecule has 1 heterocycles. The van der Waals surface area contributed by atoms with Crippen molar-refractivity contribution in [3.05, 3.63) is 41.7 Å². The molecule has 5 unspecified atom stereocenters. The van der Waals surface area contributed by atoms with E-state index < -0.39 is 0 Å². The van der Waals surface area contributed by atoms with Gasteiger partial charge in [0.25, 0.3) is 0 Å². The first-order valence-electron chi connectivity index (χ1n) is 10.8. The maximum Gasteiger partial charge on any atom is 0.155 e. The predicted molar refractivity (Wildman–Crippen MR) is 112 cm³/mol. The van der Waals surface area contributed by atoms with Gasteiger partial charge < -0.3 is 0 Å². The second-order valence-corrected chi connectivity index (χ2v) is 10.0. The number of fused-ring (bicyclic) bond motifs is 5. The highest BCUT2D eigenvalue weighted by Crippen LogP contribution is 2.66. The van der Waals surface area contributed by atoms with Crippen molar-refractivity contribution >= 4 is 24.7 Å². The lowest BCUT2D eigenvalue weighted by Gasteiger charge is -2.57. The number of nitrogens with zero attached hydrogens (tertiary/aromatic N) is 1. The summed E-state index contributed by atoms with van der Waals surface area (Å²) < 4.78 is 0. The second kappa shape index (κ2) is 5.93. The van der Waals surface area contributed by atoms with Crippen LogP contribution in [-0.2, 0) is 4.79 Å². The van der Waals surface area contributed by atoms with Crippen molar-refractivity contribution in [1.82, 2.24) is 4.98 Å². The van der Waals surface area contributed by atoms with E-state index in [2.05, 4.69) is 45.0 Å². The zero-order chi connectivity index (χ0) is 18.8. The van der Waals surface area contributed by atoms with Crippen LogP contribution in [0.1, 0.15) is 64.4 Å². The predicted octanol–water partition coefficient (Wildman–Crippen LogP) is 3.87. The Morgan fingerprint density at radius 1 is 1.07 bits per heavy atom. The summed E-state index contributed by atoms with van der Waals surface area (Å²) in [6.45, 7) is 4.99. The fraction of sp³-hybridized carbons (Fsp3) is 0.583. The van der Waals surface area contributed by atoms with E-state index in [4.69, 9.17) is 0 Å². The molecule has 2 fully saturated rings. The largest absolute Gasteiger partial charge is 0.295 e. The van der Waals surface area contributed by atoms with E-state index in [1.807, 2.05) is 12.3 Å². The molecule has 3 heteroatoms. The van der Waals surface area contributed by atoms with Gasteiger partial charge in [0.05, 0.1) is 0 Å². The van der Waals surface area contributed by atoms with Gasteiger partial charge in [-0.05, 0) is 84.3 Å². The van der Waals surface area contributed by atoms with Crippen molar-refractivity contribution in [2.75, 3.05) is 0 Å². The molecular weight excluding hydrogens is 329 g/mol. The van der Waals surface area contributed by atoms with Crippen LogP contribution in [0.3, 0.4) is 0 Å². The van der Waals surface area contributed by atoms with Crippen molar-refractivity contribution < 1.29 is 4.79 Å². The first kappa shape index (κ1) is 17.5.